The smallest absolute Gasteiger partial charge is 0.295 e. The first-order valence-electron chi connectivity index (χ1n) is 4.63. The van der Waals surface area contributed by atoms with Gasteiger partial charge in [-0.3, -0.25) is 4.79 Å². The molecule has 5 heteroatoms. The predicted molar refractivity (Wildman–Crippen MR) is 57.3 cm³/mol. The molecule has 1 N–H and O–H groups in total. The van der Waals surface area contributed by atoms with E-state index in [-0.39, 0.29) is 5.91 Å². The molecule has 1 rings (SSSR count). The Morgan fingerprint density at radius 1 is 1.60 bits per heavy atom. The summed E-state index contributed by atoms with van der Waals surface area (Å²) >= 11 is 0. The van der Waals surface area contributed by atoms with Gasteiger partial charge in [0.05, 0.1) is 33.6 Å². The van der Waals surface area contributed by atoms with Crippen molar-refractivity contribution < 1.29 is 13.7 Å². The van der Waals surface area contributed by atoms with Gasteiger partial charge in [-0.25, -0.2) is 5.43 Å². The molecule has 0 radical (unpaired) electrons. The molecule has 82 valence electrons. The first-order valence-corrected chi connectivity index (χ1v) is 4.63. The lowest BCUT2D eigenvalue weighted by Gasteiger charge is -2.21. The number of nitrogens with zero attached hydrogens (tertiary/aromatic N) is 2. The monoisotopic (exact) mass is 210 g/mol. The van der Waals surface area contributed by atoms with Crippen LogP contribution >= 0.6 is 0 Å². The van der Waals surface area contributed by atoms with Gasteiger partial charge in [0, 0.05) is 0 Å². The Balaban J connectivity index is 2.35. The molecule has 1 aromatic rings. The summed E-state index contributed by atoms with van der Waals surface area (Å²) < 4.78 is 5.58. The highest BCUT2D eigenvalue weighted by Gasteiger charge is 2.12. The van der Waals surface area contributed by atoms with Crippen molar-refractivity contribution in [2.24, 2.45) is 5.10 Å². The number of carbonyl (C=O) groups is 1. The summed E-state index contributed by atoms with van der Waals surface area (Å²) in [6.07, 6.45) is 3.02. The average Bonchev–Trinajstić information content (AvgIpc) is 2.53. The van der Waals surface area contributed by atoms with Crippen molar-refractivity contribution in [2.75, 3.05) is 27.7 Å². The zero-order valence-electron chi connectivity index (χ0n) is 9.23. The summed E-state index contributed by atoms with van der Waals surface area (Å²) in [7, 11) is 5.82. The third kappa shape index (κ3) is 4.97. The summed E-state index contributed by atoms with van der Waals surface area (Å²) in [5, 5.41) is 3.77. The molecule has 0 aliphatic carbocycles. The highest BCUT2D eigenvalue weighted by Crippen LogP contribution is 1.94. The molecule has 0 bridgehead atoms. The molecule has 5 nitrogen and oxygen atoms in total. The Labute approximate surface area is 89.0 Å². The highest BCUT2D eigenvalue weighted by atomic mass is 16.3. The Morgan fingerprint density at radius 2 is 2.33 bits per heavy atom. The van der Waals surface area contributed by atoms with Crippen molar-refractivity contribution in [2.45, 2.75) is 0 Å². The fraction of sp³-hybridized carbons (Fsp3) is 0.400. The van der Waals surface area contributed by atoms with Gasteiger partial charge in [-0.1, -0.05) is 0 Å². The van der Waals surface area contributed by atoms with Crippen molar-refractivity contribution in [3.8, 4) is 0 Å². The Kier molecular flexibility index (Phi) is 3.62. The molecular formula is C10H16N3O2+. The van der Waals surface area contributed by atoms with Crippen LogP contribution in [0.5, 0.6) is 0 Å². The van der Waals surface area contributed by atoms with E-state index in [2.05, 4.69) is 10.5 Å². The number of amides is 1. The maximum atomic E-state index is 11.3. The number of carbonyl (C=O) groups excluding carboxylic acids is 1. The van der Waals surface area contributed by atoms with Gasteiger partial charge in [0.2, 0.25) is 0 Å². The quantitative estimate of drug-likeness (QED) is 0.445. The maximum Gasteiger partial charge on any atom is 0.295 e. The number of furan rings is 1. The number of likely N-dealkylation sites (N-methyl/N-ethyl adjacent to an activating group) is 1. The molecule has 0 spiro atoms. The van der Waals surface area contributed by atoms with E-state index in [1.165, 1.54) is 6.21 Å². The van der Waals surface area contributed by atoms with E-state index < -0.39 is 0 Å². The summed E-state index contributed by atoms with van der Waals surface area (Å²) in [5.41, 5.74) is 2.43. The molecule has 15 heavy (non-hydrogen) atoms. The van der Waals surface area contributed by atoms with Crippen LogP contribution in [0.3, 0.4) is 0 Å². The van der Waals surface area contributed by atoms with Gasteiger partial charge >= 0.3 is 0 Å². The molecule has 0 saturated heterocycles. The molecular weight excluding hydrogens is 194 g/mol. The molecule has 0 unspecified atom stereocenters. The van der Waals surface area contributed by atoms with Crippen molar-refractivity contribution in [1.82, 2.24) is 5.43 Å². The number of quaternary nitrogens is 1. The van der Waals surface area contributed by atoms with E-state index >= 15 is 0 Å². The molecule has 1 amide bonds. The summed E-state index contributed by atoms with van der Waals surface area (Å²) in [4.78, 5) is 11.3. The molecule has 0 aliphatic heterocycles. The van der Waals surface area contributed by atoms with Gasteiger partial charge in [-0.2, -0.15) is 5.10 Å². The van der Waals surface area contributed by atoms with E-state index in [0.29, 0.717) is 16.8 Å². The van der Waals surface area contributed by atoms with E-state index in [9.17, 15) is 4.79 Å². The van der Waals surface area contributed by atoms with Crippen LogP contribution in [0, 0.1) is 0 Å². The van der Waals surface area contributed by atoms with E-state index in [0.717, 1.165) is 0 Å². The van der Waals surface area contributed by atoms with E-state index in [1.807, 2.05) is 21.1 Å². The van der Waals surface area contributed by atoms with Crippen molar-refractivity contribution in [3.05, 3.63) is 24.2 Å². The van der Waals surface area contributed by atoms with Gasteiger partial charge < -0.3 is 8.90 Å². The number of hydrogen-bond acceptors (Lipinski definition) is 3. The number of hydrazone groups is 1. The molecule has 1 aromatic heterocycles. The van der Waals surface area contributed by atoms with Gasteiger partial charge in [0.15, 0.2) is 6.54 Å². The van der Waals surface area contributed by atoms with Gasteiger partial charge in [0.25, 0.3) is 5.91 Å². The first-order chi connectivity index (χ1) is 6.97. The predicted octanol–water partition coefficient (Wildman–Crippen LogP) is 0.436. The highest BCUT2D eigenvalue weighted by molar-refractivity contribution is 5.80. The maximum absolute atomic E-state index is 11.3. The summed E-state index contributed by atoms with van der Waals surface area (Å²) in [6, 6.07) is 3.52. The van der Waals surface area contributed by atoms with E-state index in [1.54, 1.807) is 18.4 Å². The van der Waals surface area contributed by atoms with Crippen LogP contribution in [0.2, 0.25) is 0 Å². The van der Waals surface area contributed by atoms with Gasteiger partial charge in [-0.05, 0) is 12.1 Å². The fourth-order valence-corrected chi connectivity index (χ4v) is 0.999. The van der Waals surface area contributed by atoms with Gasteiger partial charge in [-0.15, -0.1) is 0 Å². The Hall–Kier alpha value is -1.62. The van der Waals surface area contributed by atoms with Crippen molar-refractivity contribution in [1.29, 1.82) is 0 Å². The Bertz CT molecular complexity index is 336. The third-order valence-corrected chi connectivity index (χ3v) is 1.54. The lowest BCUT2D eigenvalue weighted by molar-refractivity contribution is -0.862. The number of hydrogen-bond donors (Lipinski definition) is 1. The van der Waals surface area contributed by atoms with Crippen LogP contribution in [-0.4, -0.2) is 44.3 Å². The first kappa shape index (κ1) is 11.5. The normalized spacial score (nSPS) is 11.9. The Morgan fingerprint density at radius 3 is 2.87 bits per heavy atom. The van der Waals surface area contributed by atoms with Crippen molar-refractivity contribution >= 4 is 12.1 Å². The minimum absolute atomic E-state index is 0.120. The summed E-state index contributed by atoms with van der Waals surface area (Å²) in [6.45, 7) is 0.384. The van der Waals surface area contributed by atoms with Crippen molar-refractivity contribution in [3.63, 3.8) is 0 Å². The lowest BCUT2D eigenvalue weighted by Crippen LogP contribution is -2.43. The molecule has 0 fully saturated rings. The zero-order valence-corrected chi connectivity index (χ0v) is 9.23. The van der Waals surface area contributed by atoms with Crippen LogP contribution in [0.1, 0.15) is 5.76 Å². The minimum Gasteiger partial charge on any atom is -0.463 e. The van der Waals surface area contributed by atoms with E-state index in [4.69, 9.17) is 4.42 Å². The molecule has 0 aliphatic rings. The summed E-state index contributed by atoms with van der Waals surface area (Å²) in [5.74, 6) is 0.492. The standard InChI is InChI=1S/C10H15N3O2/c1-13(2,3)8-10(14)12-11-7-9-5-4-6-15-9/h4-7H,8H2,1-3H3/p+1/b11-7+. The molecule has 0 atom stereocenters. The second-order valence-corrected chi connectivity index (χ2v) is 4.26. The second-order valence-electron chi connectivity index (χ2n) is 4.26. The SMILES string of the molecule is C[N+](C)(C)CC(=O)N/N=C/c1ccco1. The largest absolute Gasteiger partial charge is 0.463 e. The number of rotatable bonds is 4. The second kappa shape index (κ2) is 4.75. The van der Waals surface area contributed by atoms with Gasteiger partial charge in [0.1, 0.15) is 5.76 Å². The molecule has 0 aromatic carbocycles. The molecule has 0 saturated carbocycles. The third-order valence-electron chi connectivity index (χ3n) is 1.54. The van der Waals surface area contributed by atoms with Crippen LogP contribution < -0.4 is 5.43 Å². The van der Waals surface area contributed by atoms with Crippen LogP contribution in [-0.2, 0) is 4.79 Å². The fourth-order valence-electron chi connectivity index (χ4n) is 0.999. The molecule has 1 heterocycles. The lowest BCUT2D eigenvalue weighted by atomic mass is 10.5. The van der Waals surface area contributed by atoms with Crippen LogP contribution in [0.4, 0.5) is 0 Å². The van der Waals surface area contributed by atoms with Crippen LogP contribution in [0.15, 0.2) is 27.9 Å². The number of nitrogens with one attached hydrogen (secondary N) is 1. The topological polar surface area (TPSA) is 54.6 Å². The average molecular weight is 210 g/mol. The zero-order chi connectivity index (χ0) is 11.3. The minimum atomic E-state index is -0.120. The van der Waals surface area contributed by atoms with Crippen LogP contribution in [0.25, 0.3) is 0 Å².